The summed E-state index contributed by atoms with van der Waals surface area (Å²) in [5.41, 5.74) is 6.01. The highest BCUT2D eigenvalue weighted by atomic mass is 79.9. The van der Waals surface area contributed by atoms with Crippen LogP contribution in [0.5, 0.6) is 0 Å². The molecule has 0 atom stereocenters. The van der Waals surface area contributed by atoms with Crippen molar-refractivity contribution in [1.82, 2.24) is 4.98 Å². The second-order valence-corrected chi connectivity index (χ2v) is 5.29. The van der Waals surface area contributed by atoms with E-state index in [1.165, 1.54) is 6.20 Å². The first-order valence-corrected chi connectivity index (χ1v) is 6.81. The molecule has 1 aromatic heterocycles. The van der Waals surface area contributed by atoms with Crippen molar-refractivity contribution >= 4 is 33.2 Å². The van der Waals surface area contributed by atoms with E-state index in [9.17, 15) is 4.79 Å². The second kappa shape index (κ2) is 6.02. The molecule has 0 aliphatic rings. The number of nitrogens with one attached hydrogen (secondary N) is 2. The van der Waals surface area contributed by atoms with Gasteiger partial charge in [-0.3, -0.25) is 15.6 Å². The van der Waals surface area contributed by atoms with Gasteiger partial charge in [-0.25, -0.2) is 0 Å². The molecule has 4 N–H and O–H groups in total. The lowest BCUT2D eigenvalue weighted by molar-refractivity contribution is 0.102. The van der Waals surface area contributed by atoms with Crippen LogP contribution in [0.3, 0.4) is 0 Å². The Bertz CT molecular complexity index is 658. The van der Waals surface area contributed by atoms with E-state index in [0.717, 1.165) is 21.4 Å². The number of amides is 1. The second-order valence-electron chi connectivity index (χ2n) is 4.43. The molecule has 0 radical (unpaired) electrons. The Morgan fingerprint density at radius 1 is 1.30 bits per heavy atom. The minimum Gasteiger partial charge on any atom is -0.323 e. The van der Waals surface area contributed by atoms with Crippen molar-refractivity contribution in [1.29, 1.82) is 0 Å². The standard InChI is InChI=1S/C14H15BrN4O/c1-8-5-10(3-4-12(8)15)18-14(20)11-7-17-9(2)6-13(11)19-16/h3-7H,16H2,1-2H3,(H,17,19)(H,18,20). The van der Waals surface area contributed by atoms with E-state index in [2.05, 4.69) is 31.7 Å². The molecule has 20 heavy (non-hydrogen) atoms. The van der Waals surface area contributed by atoms with Crippen molar-refractivity contribution in [3.05, 3.63) is 51.8 Å². The van der Waals surface area contributed by atoms with Crippen LogP contribution in [0.15, 0.2) is 34.9 Å². The molecular weight excluding hydrogens is 320 g/mol. The summed E-state index contributed by atoms with van der Waals surface area (Å²) in [7, 11) is 0. The fourth-order valence-corrected chi connectivity index (χ4v) is 2.03. The van der Waals surface area contributed by atoms with Gasteiger partial charge < -0.3 is 10.7 Å². The van der Waals surface area contributed by atoms with Gasteiger partial charge in [0.25, 0.3) is 5.91 Å². The summed E-state index contributed by atoms with van der Waals surface area (Å²) >= 11 is 3.42. The number of nitrogen functional groups attached to an aromatic ring is 1. The number of pyridine rings is 1. The Hall–Kier alpha value is -1.92. The molecule has 2 rings (SSSR count). The van der Waals surface area contributed by atoms with Crippen molar-refractivity contribution in [3.63, 3.8) is 0 Å². The number of hydrazine groups is 1. The lowest BCUT2D eigenvalue weighted by atomic mass is 10.2. The van der Waals surface area contributed by atoms with Crippen LogP contribution in [-0.4, -0.2) is 10.9 Å². The number of aromatic nitrogens is 1. The molecule has 0 saturated heterocycles. The third-order valence-electron chi connectivity index (χ3n) is 2.86. The lowest BCUT2D eigenvalue weighted by Gasteiger charge is -2.10. The summed E-state index contributed by atoms with van der Waals surface area (Å²) in [6.45, 7) is 3.79. The fraction of sp³-hybridized carbons (Fsp3) is 0.143. The van der Waals surface area contributed by atoms with Gasteiger partial charge in [0.05, 0.1) is 11.3 Å². The van der Waals surface area contributed by atoms with Gasteiger partial charge >= 0.3 is 0 Å². The number of rotatable bonds is 3. The van der Waals surface area contributed by atoms with Crippen molar-refractivity contribution in [3.8, 4) is 0 Å². The van der Waals surface area contributed by atoms with E-state index < -0.39 is 0 Å². The molecule has 5 nitrogen and oxygen atoms in total. The molecule has 1 heterocycles. The maximum Gasteiger partial charge on any atom is 0.259 e. The number of nitrogens with two attached hydrogens (primary N) is 1. The minimum absolute atomic E-state index is 0.257. The molecule has 1 amide bonds. The number of benzene rings is 1. The predicted molar refractivity (Wildman–Crippen MR) is 83.6 cm³/mol. The van der Waals surface area contributed by atoms with Gasteiger partial charge in [0.2, 0.25) is 0 Å². The first-order valence-electron chi connectivity index (χ1n) is 6.02. The quantitative estimate of drug-likeness (QED) is 0.595. The molecule has 0 aliphatic heterocycles. The van der Waals surface area contributed by atoms with Crippen LogP contribution in [0, 0.1) is 13.8 Å². The highest BCUT2D eigenvalue weighted by Gasteiger charge is 2.12. The summed E-state index contributed by atoms with van der Waals surface area (Å²) in [6.07, 6.45) is 1.51. The summed E-state index contributed by atoms with van der Waals surface area (Å²) in [5, 5.41) is 2.83. The molecule has 2 aromatic rings. The molecule has 0 bridgehead atoms. The number of nitrogens with zero attached hydrogens (tertiary/aromatic N) is 1. The Balaban J connectivity index is 2.25. The molecule has 0 unspecified atom stereocenters. The normalized spacial score (nSPS) is 10.2. The first kappa shape index (κ1) is 14.5. The van der Waals surface area contributed by atoms with Crippen molar-refractivity contribution in [2.24, 2.45) is 5.84 Å². The van der Waals surface area contributed by atoms with E-state index >= 15 is 0 Å². The Labute approximate surface area is 125 Å². The minimum atomic E-state index is -0.257. The lowest BCUT2D eigenvalue weighted by Crippen LogP contribution is -2.18. The van der Waals surface area contributed by atoms with Gasteiger partial charge in [0, 0.05) is 22.1 Å². The molecule has 1 aromatic carbocycles. The Morgan fingerprint density at radius 3 is 2.70 bits per heavy atom. The van der Waals surface area contributed by atoms with Crippen LogP contribution >= 0.6 is 15.9 Å². The van der Waals surface area contributed by atoms with Gasteiger partial charge in [-0.1, -0.05) is 15.9 Å². The monoisotopic (exact) mass is 334 g/mol. The molecule has 0 aliphatic carbocycles. The van der Waals surface area contributed by atoms with Crippen LogP contribution in [0.1, 0.15) is 21.6 Å². The maximum atomic E-state index is 12.2. The maximum absolute atomic E-state index is 12.2. The zero-order valence-electron chi connectivity index (χ0n) is 11.2. The number of halogens is 1. The summed E-state index contributed by atoms with van der Waals surface area (Å²) in [6, 6.07) is 7.33. The third-order valence-corrected chi connectivity index (χ3v) is 3.75. The summed E-state index contributed by atoms with van der Waals surface area (Å²) in [5.74, 6) is 5.17. The van der Waals surface area contributed by atoms with E-state index in [0.29, 0.717) is 11.3 Å². The predicted octanol–water partition coefficient (Wildman–Crippen LogP) is 3.00. The third kappa shape index (κ3) is 3.15. The number of hydrogen-bond donors (Lipinski definition) is 3. The Morgan fingerprint density at radius 2 is 2.05 bits per heavy atom. The van der Waals surface area contributed by atoms with Crippen molar-refractivity contribution < 1.29 is 4.79 Å². The van der Waals surface area contributed by atoms with Crippen LogP contribution in [0.4, 0.5) is 11.4 Å². The van der Waals surface area contributed by atoms with Crippen LogP contribution in [-0.2, 0) is 0 Å². The number of aryl methyl sites for hydroxylation is 2. The molecule has 0 fully saturated rings. The van der Waals surface area contributed by atoms with E-state index in [-0.39, 0.29) is 5.91 Å². The van der Waals surface area contributed by atoms with Gasteiger partial charge in [-0.05, 0) is 43.7 Å². The summed E-state index contributed by atoms with van der Waals surface area (Å²) in [4.78, 5) is 16.4. The van der Waals surface area contributed by atoms with Gasteiger partial charge in [-0.15, -0.1) is 0 Å². The number of carbonyl (C=O) groups excluding carboxylic acids is 1. The van der Waals surface area contributed by atoms with Crippen LogP contribution in [0.25, 0.3) is 0 Å². The largest absolute Gasteiger partial charge is 0.323 e. The highest BCUT2D eigenvalue weighted by Crippen LogP contribution is 2.21. The van der Waals surface area contributed by atoms with Gasteiger partial charge in [0.15, 0.2) is 0 Å². The molecular formula is C14H15BrN4O. The molecule has 0 saturated carbocycles. The summed E-state index contributed by atoms with van der Waals surface area (Å²) < 4.78 is 0.997. The van der Waals surface area contributed by atoms with E-state index in [4.69, 9.17) is 5.84 Å². The van der Waals surface area contributed by atoms with E-state index in [1.807, 2.05) is 32.0 Å². The SMILES string of the molecule is Cc1cc(NN)c(C(=O)Nc2ccc(Br)c(C)c2)cn1. The zero-order valence-corrected chi connectivity index (χ0v) is 12.8. The first-order chi connectivity index (χ1) is 9.51. The topological polar surface area (TPSA) is 80.0 Å². The smallest absolute Gasteiger partial charge is 0.259 e. The molecule has 104 valence electrons. The number of carbonyl (C=O) groups is 1. The Kier molecular flexibility index (Phi) is 4.36. The van der Waals surface area contributed by atoms with Gasteiger partial charge in [-0.2, -0.15) is 0 Å². The molecule has 6 heteroatoms. The van der Waals surface area contributed by atoms with Crippen molar-refractivity contribution in [2.45, 2.75) is 13.8 Å². The van der Waals surface area contributed by atoms with Gasteiger partial charge in [0.1, 0.15) is 0 Å². The fourth-order valence-electron chi connectivity index (χ4n) is 1.78. The highest BCUT2D eigenvalue weighted by molar-refractivity contribution is 9.10. The number of hydrogen-bond acceptors (Lipinski definition) is 4. The zero-order chi connectivity index (χ0) is 14.7. The van der Waals surface area contributed by atoms with Crippen molar-refractivity contribution in [2.75, 3.05) is 10.7 Å². The molecule has 0 spiro atoms. The average Bonchev–Trinajstić information content (AvgIpc) is 2.42. The number of anilines is 2. The average molecular weight is 335 g/mol. The van der Waals surface area contributed by atoms with Crippen LogP contribution in [0.2, 0.25) is 0 Å². The van der Waals surface area contributed by atoms with E-state index in [1.54, 1.807) is 6.07 Å². The van der Waals surface area contributed by atoms with Crippen LogP contribution < -0.4 is 16.6 Å².